The van der Waals surface area contributed by atoms with Gasteiger partial charge in [0.25, 0.3) is 5.91 Å². The standard InChI is InChI=1S/C16H18N4O/c1-10-8-14(11(2)20-19-10)16(21)18-13-6-5-12-4-3-7-17-15(12)9-13/h5-6,8-9,17H,3-4,7H2,1-2H3,(H,18,21). The minimum Gasteiger partial charge on any atom is -0.385 e. The molecule has 0 saturated carbocycles. The lowest BCUT2D eigenvalue weighted by Crippen LogP contribution is -2.16. The van der Waals surface area contributed by atoms with Crippen LogP contribution in [0.4, 0.5) is 11.4 Å². The molecule has 21 heavy (non-hydrogen) atoms. The van der Waals surface area contributed by atoms with Crippen molar-refractivity contribution < 1.29 is 4.79 Å². The first-order chi connectivity index (χ1) is 10.1. The number of benzene rings is 1. The van der Waals surface area contributed by atoms with Crippen LogP contribution < -0.4 is 10.6 Å². The first kappa shape index (κ1) is 13.5. The Morgan fingerprint density at radius 1 is 1.24 bits per heavy atom. The zero-order valence-corrected chi connectivity index (χ0v) is 12.2. The third-order valence-electron chi connectivity index (χ3n) is 3.65. The van der Waals surface area contributed by atoms with Crippen molar-refractivity contribution in [3.8, 4) is 0 Å². The van der Waals surface area contributed by atoms with Gasteiger partial charge in [-0.15, -0.1) is 0 Å². The molecule has 3 rings (SSSR count). The third-order valence-corrected chi connectivity index (χ3v) is 3.65. The van der Waals surface area contributed by atoms with Gasteiger partial charge in [-0.3, -0.25) is 4.79 Å². The number of anilines is 2. The van der Waals surface area contributed by atoms with Crippen molar-refractivity contribution in [2.75, 3.05) is 17.2 Å². The van der Waals surface area contributed by atoms with Crippen LogP contribution in [0, 0.1) is 13.8 Å². The molecular formula is C16H18N4O. The van der Waals surface area contributed by atoms with Gasteiger partial charge in [0.15, 0.2) is 0 Å². The van der Waals surface area contributed by atoms with Crippen molar-refractivity contribution in [2.24, 2.45) is 0 Å². The second kappa shape index (κ2) is 5.52. The molecule has 1 aromatic carbocycles. The third kappa shape index (κ3) is 2.86. The highest BCUT2D eigenvalue weighted by molar-refractivity contribution is 6.05. The van der Waals surface area contributed by atoms with Gasteiger partial charge in [0, 0.05) is 17.9 Å². The number of aromatic nitrogens is 2. The minimum absolute atomic E-state index is 0.152. The number of nitrogens with zero attached hydrogens (tertiary/aromatic N) is 2. The molecule has 0 radical (unpaired) electrons. The van der Waals surface area contributed by atoms with E-state index < -0.39 is 0 Å². The van der Waals surface area contributed by atoms with Crippen LogP contribution in [0.2, 0.25) is 0 Å². The summed E-state index contributed by atoms with van der Waals surface area (Å²) in [6.07, 6.45) is 2.24. The van der Waals surface area contributed by atoms with Crippen molar-refractivity contribution in [1.29, 1.82) is 0 Å². The van der Waals surface area contributed by atoms with Gasteiger partial charge in [0.1, 0.15) is 0 Å². The molecule has 0 bridgehead atoms. The molecule has 0 atom stereocenters. The van der Waals surface area contributed by atoms with Crippen molar-refractivity contribution in [3.05, 3.63) is 46.8 Å². The largest absolute Gasteiger partial charge is 0.385 e. The van der Waals surface area contributed by atoms with Gasteiger partial charge >= 0.3 is 0 Å². The number of amides is 1. The molecule has 0 spiro atoms. The summed E-state index contributed by atoms with van der Waals surface area (Å²) in [5, 5.41) is 14.2. The first-order valence-corrected chi connectivity index (χ1v) is 7.12. The monoisotopic (exact) mass is 282 g/mol. The Kier molecular flexibility index (Phi) is 3.56. The highest BCUT2D eigenvalue weighted by Gasteiger charge is 2.13. The van der Waals surface area contributed by atoms with E-state index in [-0.39, 0.29) is 5.91 Å². The molecule has 0 fully saturated rings. The zero-order valence-electron chi connectivity index (χ0n) is 12.2. The van der Waals surface area contributed by atoms with Crippen LogP contribution >= 0.6 is 0 Å². The quantitative estimate of drug-likeness (QED) is 0.888. The van der Waals surface area contributed by atoms with E-state index in [0.717, 1.165) is 36.5 Å². The molecule has 1 aliphatic rings. The molecule has 1 amide bonds. The van der Waals surface area contributed by atoms with Crippen LogP contribution in [-0.4, -0.2) is 22.6 Å². The van der Waals surface area contributed by atoms with Crippen LogP contribution in [-0.2, 0) is 6.42 Å². The van der Waals surface area contributed by atoms with Crippen LogP contribution in [0.3, 0.4) is 0 Å². The summed E-state index contributed by atoms with van der Waals surface area (Å²) < 4.78 is 0. The van der Waals surface area contributed by atoms with E-state index in [4.69, 9.17) is 0 Å². The van der Waals surface area contributed by atoms with Gasteiger partial charge < -0.3 is 10.6 Å². The summed E-state index contributed by atoms with van der Waals surface area (Å²) in [5.41, 5.74) is 5.14. The highest BCUT2D eigenvalue weighted by Crippen LogP contribution is 2.25. The van der Waals surface area contributed by atoms with Crippen LogP contribution in [0.1, 0.15) is 33.7 Å². The average molecular weight is 282 g/mol. The average Bonchev–Trinajstić information content (AvgIpc) is 2.49. The number of carbonyl (C=O) groups excluding carboxylic acids is 1. The lowest BCUT2D eigenvalue weighted by molar-refractivity contribution is 0.102. The molecule has 5 nitrogen and oxygen atoms in total. The van der Waals surface area contributed by atoms with Gasteiger partial charge in [-0.05, 0) is 50.5 Å². The summed E-state index contributed by atoms with van der Waals surface area (Å²) in [6, 6.07) is 7.76. The highest BCUT2D eigenvalue weighted by atomic mass is 16.1. The maximum atomic E-state index is 12.4. The maximum absolute atomic E-state index is 12.4. The minimum atomic E-state index is -0.152. The van der Waals surface area contributed by atoms with Crippen molar-refractivity contribution >= 4 is 17.3 Å². The maximum Gasteiger partial charge on any atom is 0.257 e. The predicted octanol–water partition coefficient (Wildman–Crippen LogP) is 2.70. The topological polar surface area (TPSA) is 66.9 Å². The normalized spacial score (nSPS) is 13.2. The number of nitrogens with one attached hydrogen (secondary N) is 2. The Labute approximate surface area is 123 Å². The predicted molar refractivity (Wildman–Crippen MR) is 82.7 cm³/mol. The van der Waals surface area contributed by atoms with E-state index in [1.165, 1.54) is 5.56 Å². The van der Waals surface area contributed by atoms with E-state index >= 15 is 0 Å². The summed E-state index contributed by atoms with van der Waals surface area (Å²) in [6.45, 7) is 4.60. The summed E-state index contributed by atoms with van der Waals surface area (Å²) in [5.74, 6) is -0.152. The molecule has 2 heterocycles. The van der Waals surface area contributed by atoms with Crippen LogP contribution in [0.15, 0.2) is 24.3 Å². The van der Waals surface area contributed by atoms with Crippen molar-refractivity contribution in [2.45, 2.75) is 26.7 Å². The number of aryl methyl sites for hydroxylation is 3. The Balaban J connectivity index is 1.83. The number of carbonyl (C=O) groups is 1. The molecule has 2 N–H and O–H groups in total. The molecule has 0 aliphatic carbocycles. The van der Waals surface area contributed by atoms with Crippen LogP contribution in [0.5, 0.6) is 0 Å². The second-order valence-corrected chi connectivity index (χ2v) is 5.34. The van der Waals surface area contributed by atoms with E-state index in [2.05, 4.69) is 26.9 Å². The molecule has 108 valence electrons. The number of hydrogen-bond acceptors (Lipinski definition) is 4. The van der Waals surface area contributed by atoms with E-state index in [1.807, 2.05) is 19.1 Å². The fourth-order valence-corrected chi connectivity index (χ4v) is 2.52. The SMILES string of the molecule is Cc1cc(C(=O)Nc2ccc3c(c2)NCCC3)c(C)nn1. The Morgan fingerprint density at radius 2 is 2.10 bits per heavy atom. The summed E-state index contributed by atoms with van der Waals surface area (Å²) in [4.78, 5) is 12.4. The number of fused-ring (bicyclic) bond motifs is 1. The molecule has 0 saturated heterocycles. The summed E-state index contributed by atoms with van der Waals surface area (Å²) >= 11 is 0. The lowest BCUT2D eigenvalue weighted by atomic mass is 10.0. The van der Waals surface area contributed by atoms with E-state index in [0.29, 0.717) is 11.3 Å². The van der Waals surface area contributed by atoms with Crippen LogP contribution in [0.25, 0.3) is 0 Å². The first-order valence-electron chi connectivity index (χ1n) is 7.12. The second-order valence-electron chi connectivity index (χ2n) is 5.34. The summed E-state index contributed by atoms with van der Waals surface area (Å²) in [7, 11) is 0. The fourth-order valence-electron chi connectivity index (χ4n) is 2.52. The van der Waals surface area contributed by atoms with E-state index in [9.17, 15) is 4.79 Å². The van der Waals surface area contributed by atoms with Crippen molar-refractivity contribution in [3.63, 3.8) is 0 Å². The van der Waals surface area contributed by atoms with Crippen molar-refractivity contribution in [1.82, 2.24) is 10.2 Å². The Morgan fingerprint density at radius 3 is 2.95 bits per heavy atom. The molecule has 1 aliphatic heterocycles. The van der Waals surface area contributed by atoms with E-state index in [1.54, 1.807) is 13.0 Å². The van der Waals surface area contributed by atoms with Gasteiger partial charge in [0.05, 0.1) is 17.0 Å². The molecule has 1 aromatic heterocycles. The smallest absolute Gasteiger partial charge is 0.257 e. The molecular weight excluding hydrogens is 264 g/mol. The molecule has 0 unspecified atom stereocenters. The zero-order chi connectivity index (χ0) is 14.8. The lowest BCUT2D eigenvalue weighted by Gasteiger charge is -2.19. The van der Waals surface area contributed by atoms with Gasteiger partial charge in [0.2, 0.25) is 0 Å². The molecule has 2 aromatic rings. The van der Waals surface area contributed by atoms with Gasteiger partial charge in [-0.25, -0.2) is 0 Å². The number of rotatable bonds is 2. The Hall–Kier alpha value is -2.43. The fraction of sp³-hybridized carbons (Fsp3) is 0.312. The Bertz CT molecular complexity index is 697. The number of hydrogen-bond donors (Lipinski definition) is 2. The van der Waals surface area contributed by atoms with Gasteiger partial charge in [-0.1, -0.05) is 6.07 Å². The van der Waals surface area contributed by atoms with Gasteiger partial charge in [-0.2, -0.15) is 10.2 Å². The molecule has 5 heteroatoms.